The van der Waals surface area contributed by atoms with Crippen molar-refractivity contribution in [1.82, 2.24) is 4.90 Å². The van der Waals surface area contributed by atoms with E-state index in [9.17, 15) is 4.79 Å². The second kappa shape index (κ2) is 5.35. The molecular formula is C14H22N2O3. The van der Waals surface area contributed by atoms with Gasteiger partial charge in [-0.2, -0.15) is 0 Å². The fraction of sp³-hybridized carbons (Fsp3) is 0.643. The number of rotatable bonds is 2. The second-order valence-corrected chi connectivity index (χ2v) is 5.23. The summed E-state index contributed by atoms with van der Waals surface area (Å²) in [5.74, 6) is 1.50. The highest BCUT2D eigenvalue weighted by Gasteiger charge is 2.31. The summed E-state index contributed by atoms with van der Waals surface area (Å²) in [5.41, 5.74) is 7.25. The number of furan rings is 1. The molecule has 0 bridgehead atoms. The lowest BCUT2D eigenvalue weighted by atomic mass is 10.1. The van der Waals surface area contributed by atoms with Gasteiger partial charge in [0.1, 0.15) is 11.5 Å². The van der Waals surface area contributed by atoms with Crippen LogP contribution in [0.3, 0.4) is 0 Å². The van der Waals surface area contributed by atoms with Crippen LogP contribution in [0.4, 0.5) is 0 Å². The van der Waals surface area contributed by atoms with Crippen molar-refractivity contribution in [2.75, 3.05) is 19.6 Å². The third-order valence-corrected chi connectivity index (χ3v) is 3.65. The number of morpholine rings is 1. The average Bonchev–Trinajstić information content (AvgIpc) is 2.61. The minimum absolute atomic E-state index is 0.0138. The third kappa shape index (κ3) is 2.67. The molecule has 0 aromatic carbocycles. The monoisotopic (exact) mass is 266 g/mol. The molecule has 2 rings (SSSR count). The lowest BCUT2D eigenvalue weighted by Crippen LogP contribution is -2.51. The van der Waals surface area contributed by atoms with Crippen molar-refractivity contribution in [3.05, 3.63) is 22.6 Å². The Morgan fingerprint density at radius 2 is 2.00 bits per heavy atom. The molecule has 1 saturated heterocycles. The number of hydrogen-bond acceptors (Lipinski definition) is 4. The van der Waals surface area contributed by atoms with E-state index in [-0.39, 0.29) is 18.1 Å². The molecule has 2 unspecified atom stereocenters. The van der Waals surface area contributed by atoms with Crippen LogP contribution in [0.5, 0.6) is 0 Å². The molecule has 1 aliphatic rings. The Morgan fingerprint density at radius 3 is 2.53 bits per heavy atom. The lowest BCUT2D eigenvalue weighted by molar-refractivity contribution is -0.0626. The smallest absolute Gasteiger partial charge is 0.257 e. The standard InChI is InChI=1S/C14H22N2O3/c1-8-6-16(7-12(5-15)18-8)14(17)13-9(2)10(3)19-11(13)4/h8,12H,5-7,15H2,1-4H3. The van der Waals surface area contributed by atoms with Crippen molar-refractivity contribution in [3.8, 4) is 0 Å². The van der Waals surface area contributed by atoms with Crippen molar-refractivity contribution in [2.24, 2.45) is 5.73 Å². The Labute approximate surface area is 113 Å². The van der Waals surface area contributed by atoms with Crippen LogP contribution in [0.25, 0.3) is 0 Å². The van der Waals surface area contributed by atoms with Crippen LogP contribution in [0.15, 0.2) is 4.42 Å². The van der Waals surface area contributed by atoms with E-state index < -0.39 is 0 Å². The maximum Gasteiger partial charge on any atom is 0.257 e. The predicted molar refractivity (Wildman–Crippen MR) is 72.2 cm³/mol. The van der Waals surface area contributed by atoms with Gasteiger partial charge < -0.3 is 19.8 Å². The number of carbonyl (C=O) groups excluding carboxylic acids is 1. The minimum Gasteiger partial charge on any atom is -0.466 e. The van der Waals surface area contributed by atoms with Crippen LogP contribution in [0, 0.1) is 20.8 Å². The van der Waals surface area contributed by atoms with Gasteiger partial charge in [0.05, 0.1) is 17.8 Å². The molecule has 0 saturated carbocycles. The molecule has 2 atom stereocenters. The van der Waals surface area contributed by atoms with Gasteiger partial charge in [0.2, 0.25) is 0 Å². The summed E-state index contributed by atoms with van der Waals surface area (Å²) in [6.45, 7) is 9.16. The summed E-state index contributed by atoms with van der Waals surface area (Å²) in [5, 5.41) is 0. The van der Waals surface area contributed by atoms with Crippen molar-refractivity contribution < 1.29 is 13.9 Å². The lowest BCUT2D eigenvalue weighted by Gasteiger charge is -2.36. The molecule has 1 aliphatic heterocycles. The second-order valence-electron chi connectivity index (χ2n) is 5.23. The van der Waals surface area contributed by atoms with Crippen LogP contribution < -0.4 is 5.73 Å². The molecule has 19 heavy (non-hydrogen) atoms. The van der Waals surface area contributed by atoms with Crippen LogP contribution in [-0.2, 0) is 4.74 Å². The first-order valence-electron chi connectivity index (χ1n) is 6.65. The molecule has 2 heterocycles. The molecule has 5 nitrogen and oxygen atoms in total. The SMILES string of the molecule is Cc1oc(C)c(C(=O)N2CC(C)OC(CN)C2)c1C. The molecule has 0 aliphatic carbocycles. The Kier molecular flexibility index (Phi) is 3.96. The highest BCUT2D eigenvalue weighted by atomic mass is 16.5. The van der Waals surface area contributed by atoms with Gasteiger partial charge in [0.15, 0.2) is 0 Å². The molecule has 106 valence electrons. The van der Waals surface area contributed by atoms with Crippen LogP contribution in [0.2, 0.25) is 0 Å². The van der Waals surface area contributed by atoms with Gasteiger partial charge in [-0.1, -0.05) is 0 Å². The maximum absolute atomic E-state index is 12.6. The maximum atomic E-state index is 12.6. The van der Waals surface area contributed by atoms with E-state index in [0.717, 1.165) is 11.3 Å². The summed E-state index contributed by atoms with van der Waals surface area (Å²) < 4.78 is 11.2. The predicted octanol–water partition coefficient (Wildman–Crippen LogP) is 1.39. The molecule has 5 heteroatoms. The number of nitrogens with zero attached hydrogens (tertiary/aromatic N) is 1. The number of amides is 1. The van der Waals surface area contributed by atoms with Crippen LogP contribution in [-0.4, -0.2) is 42.6 Å². The van der Waals surface area contributed by atoms with Gasteiger partial charge in [-0.15, -0.1) is 0 Å². The molecule has 1 aromatic rings. The molecule has 1 aromatic heterocycles. The minimum atomic E-state index is -0.0821. The molecule has 0 radical (unpaired) electrons. The fourth-order valence-electron chi connectivity index (χ4n) is 2.61. The number of nitrogens with two attached hydrogens (primary N) is 1. The molecule has 0 spiro atoms. The zero-order chi connectivity index (χ0) is 14.2. The topological polar surface area (TPSA) is 68.7 Å². The molecule has 2 N–H and O–H groups in total. The summed E-state index contributed by atoms with van der Waals surface area (Å²) in [4.78, 5) is 14.4. The summed E-state index contributed by atoms with van der Waals surface area (Å²) in [6, 6.07) is 0. The van der Waals surface area contributed by atoms with Gasteiger partial charge >= 0.3 is 0 Å². The van der Waals surface area contributed by atoms with Gasteiger partial charge in [0.25, 0.3) is 5.91 Å². The van der Waals surface area contributed by atoms with Gasteiger partial charge in [-0.3, -0.25) is 4.79 Å². The van der Waals surface area contributed by atoms with Crippen molar-refractivity contribution in [3.63, 3.8) is 0 Å². The fourth-order valence-corrected chi connectivity index (χ4v) is 2.61. The molecular weight excluding hydrogens is 244 g/mol. The average molecular weight is 266 g/mol. The van der Waals surface area contributed by atoms with Gasteiger partial charge in [-0.25, -0.2) is 0 Å². The van der Waals surface area contributed by atoms with E-state index in [1.165, 1.54) is 0 Å². The zero-order valence-corrected chi connectivity index (χ0v) is 12.0. The summed E-state index contributed by atoms with van der Waals surface area (Å²) in [6.07, 6.45) is -0.0684. The van der Waals surface area contributed by atoms with E-state index in [1.54, 1.807) is 0 Å². The van der Waals surface area contributed by atoms with E-state index in [4.69, 9.17) is 14.9 Å². The first-order chi connectivity index (χ1) is 8.93. The molecule has 1 fully saturated rings. The quantitative estimate of drug-likeness (QED) is 0.878. The normalized spacial score (nSPS) is 23.7. The number of ether oxygens (including phenoxy) is 1. The zero-order valence-electron chi connectivity index (χ0n) is 12.0. The van der Waals surface area contributed by atoms with Gasteiger partial charge in [-0.05, 0) is 27.7 Å². The van der Waals surface area contributed by atoms with Crippen molar-refractivity contribution >= 4 is 5.91 Å². The van der Waals surface area contributed by atoms with E-state index in [0.29, 0.717) is 31.0 Å². The van der Waals surface area contributed by atoms with Crippen molar-refractivity contribution in [2.45, 2.75) is 39.9 Å². The summed E-state index contributed by atoms with van der Waals surface area (Å²) in [7, 11) is 0. The Balaban J connectivity index is 2.23. The van der Waals surface area contributed by atoms with E-state index >= 15 is 0 Å². The summed E-state index contributed by atoms with van der Waals surface area (Å²) >= 11 is 0. The molecule has 1 amide bonds. The first-order valence-corrected chi connectivity index (χ1v) is 6.65. The largest absolute Gasteiger partial charge is 0.466 e. The first kappa shape index (κ1) is 14.1. The van der Waals surface area contributed by atoms with Crippen LogP contribution in [0.1, 0.15) is 34.4 Å². The number of aryl methyl sites for hydroxylation is 2. The highest BCUT2D eigenvalue weighted by molar-refractivity contribution is 5.97. The third-order valence-electron chi connectivity index (χ3n) is 3.65. The van der Waals surface area contributed by atoms with Gasteiger partial charge in [0, 0.05) is 25.2 Å². The van der Waals surface area contributed by atoms with Crippen molar-refractivity contribution in [1.29, 1.82) is 0 Å². The highest BCUT2D eigenvalue weighted by Crippen LogP contribution is 2.24. The number of carbonyl (C=O) groups is 1. The van der Waals surface area contributed by atoms with Crippen LogP contribution >= 0.6 is 0 Å². The van der Waals surface area contributed by atoms with E-state index in [1.807, 2.05) is 32.6 Å². The Hall–Kier alpha value is -1.33. The Morgan fingerprint density at radius 1 is 1.32 bits per heavy atom. The van der Waals surface area contributed by atoms with E-state index in [2.05, 4.69) is 0 Å². The Bertz CT molecular complexity index is 481. The number of hydrogen-bond donors (Lipinski definition) is 1.